The number of benzene rings is 1. The highest BCUT2D eigenvalue weighted by Gasteiger charge is 2.26. The number of phenolic OH excluding ortho intramolecular Hbond substituents is 1. The molecule has 0 saturated carbocycles. The van der Waals surface area contributed by atoms with Crippen LogP contribution in [0, 0.1) is 0 Å². The van der Waals surface area contributed by atoms with Gasteiger partial charge in [0.1, 0.15) is 12.0 Å². The summed E-state index contributed by atoms with van der Waals surface area (Å²) in [6, 6.07) is 5.14. The fourth-order valence-electron chi connectivity index (χ4n) is 2.55. The molecular formula is C13H16N2O3. The molecule has 0 bridgehead atoms. The second-order valence-electron chi connectivity index (χ2n) is 4.66. The SMILES string of the molecule is Nc1cc(O)cc2c1ccn2[C@H]1CC[C@@H](CO)O1. The lowest BCUT2D eigenvalue weighted by Crippen LogP contribution is -2.13. The van der Waals surface area contributed by atoms with E-state index in [-0.39, 0.29) is 24.7 Å². The highest BCUT2D eigenvalue weighted by Crippen LogP contribution is 2.34. The zero-order valence-corrected chi connectivity index (χ0v) is 9.91. The van der Waals surface area contributed by atoms with E-state index >= 15 is 0 Å². The lowest BCUT2D eigenvalue weighted by Gasteiger charge is -2.15. The third-order valence-corrected chi connectivity index (χ3v) is 3.45. The molecule has 5 nitrogen and oxygen atoms in total. The van der Waals surface area contributed by atoms with Crippen molar-refractivity contribution in [3.05, 3.63) is 24.4 Å². The van der Waals surface area contributed by atoms with Gasteiger partial charge in [0.25, 0.3) is 0 Å². The summed E-state index contributed by atoms with van der Waals surface area (Å²) in [5.41, 5.74) is 7.28. The van der Waals surface area contributed by atoms with Crippen molar-refractivity contribution < 1.29 is 14.9 Å². The van der Waals surface area contributed by atoms with Crippen LogP contribution < -0.4 is 5.73 Å². The van der Waals surface area contributed by atoms with Crippen LogP contribution in [0.5, 0.6) is 5.75 Å². The molecule has 2 atom stereocenters. The minimum Gasteiger partial charge on any atom is -0.508 e. The number of fused-ring (bicyclic) bond motifs is 1. The fraction of sp³-hybridized carbons (Fsp3) is 0.385. The molecule has 0 aliphatic carbocycles. The molecule has 4 N–H and O–H groups in total. The van der Waals surface area contributed by atoms with E-state index in [9.17, 15) is 5.11 Å². The van der Waals surface area contributed by atoms with Crippen molar-refractivity contribution in [3.8, 4) is 5.75 Å². The number of hydrogen-bond acceptors (Lipinski definition) is 4. The Morgan fingerprint density at radius 2 is 2.22 bits per heavy atom. The number of ether oxygens (including phenoxy) is 1. The highest BCUT2D eigenvalue weighted by molar-refractivity contribution is 5.92. The standard InChI is InChI=1S/C13H16N2O3/c14-11-5-8(17)6-12-10(11)3-4-15(12)13-2-1-9(7-16)18-13/h3-6,9,13,16-17H,1-2,7,14H2/t9-,13+/m0/s1. The smallest absolute Gasteiger partial charge is 0.134 e. The van der Waals surface area contributed by atoms with E-state index < -0.39 is 0 Å². The first-order chi connectivity index (χ1) is 8.69. The Labute approximate surface area is 104 Å². The third kappa shape index (κ3) is 1.72. The highest BCUT2D eigenvalue weighted by atomic mass is 16.5. The topological polar surface area (TPSA) is 80.6 Å². The number of phenols is 1. The molecule has 0 unspecified atom stereocenters. The Hall–Kier alpha value is -1.72. The molecule has 0 spiro atoms. The number of aromatic hydroxyl groups is 1. The minimum atomic E-state index is -0.0964. The van der Waals surface area contributed by atoms with Gasteiger partial charge in [-0.1, -0.05) is 0 Å². The summed E-state index contributed by atoms with van der Waals surface area (Å²) in [4.78, 5) is 0. The van der Waals surface area contributed by atoms with Crippen LogP contribution in [0.2, 0.25) is 0 Å². The Kier molecular flexibility index (Phi) is 2.65. The maximum absolute atomic E-state index is 9.62. The molecular weight excluding hydrogens is 232 g/mol. The summed E-state index contributed by atoms with van der Waals surface area (Å²) in [5, 5.41) is 19.6. The van der Waals surface area contributed by atoms with E-state index in [4.69, 9.17) is 15.6 Å². The molecule has 96 valence electrons. The quantitative estimate of drug-likeness (QED) is 0.705. The van der Waals surface area contributed by atoms with Crippen LogP contribution in [0.15, 0.2) is 24.4 Å². The largest absolute Gasteiger partial charge is 0.508 e. The molecule has 1 fully saturated rings. The van der Waals surface area contributed by atoms with Gasteiger partial charge in [0.05, 0.1) is 18.2 Å². The number of hydrogen-bond donors (Lipinski definition) is 3. The third-order valence-electron chi connectivity index (χ3n) is 3.45. The van der Waals surface area contributed by atoms with Gasteiger partial charge in [-0.05, 0) is 18.9 Å². The lowest BCUT2D eigenvalue weighted by atomic mass is 10.2. The summed E-state index contributed by atoms with van der Waals surface area (Å²) in [6.45, 7) is 0.0447. The first-order valence-corrected chi connectivity index (χ1v) is 6.04. The molecule has 1 aliphatic heterocycles. The molecule has 1 aromatic heterocycles. The lowest BCUT2D eigenvalue weighted by molar-refractivity contribution is -0.0202. The number of aromatic nitrogens is 1. The second-order valence-corrected chi connectivity index (χ2v) is 4.66. The number of aliphatic hydroxyl groups excluding tert-OH is 1. The normalized spacial score (nSPS) is 23.8. The predicted octanol–water partition coefficient (Wildman–Crippen LogP) is 1.60. The first kappa shape index (κ1) is 11.4. The van der Waals surface area contributed by atoms with Crippen LogP contribution in [0.3, 0.4) is 0 Å². The first-order valence-electron chi connectivity index (χ1n) is 6.04. The van der Waals surface area contributed by atoms with Gasteiger partial charge in [0.2, 0.25) is 0 Å². The zero-order chi connectivity index (χ0) is 12.7. The number of anilines is 1. The minimum absolute atomic E-state index is 0.0447. The molecule has 0 radical (unpaired) electrons. The van der Waals surface area contributed by atoms with E-state index in [2.05, 4.69) is 0 Å². The van der Waals surface area contributed by atoms with Gasteiger partial charge in [-0.25, -0.2) is 0 Å². The molecule has 2 aromatic rings. The van der Waals surface area contributed by atoms with Crippen molar-refractivity contribution >= 4 is 16.6 Å². The van der Waals surface area contributed by atoms with Crippen molar-refractivity contribution in [1.29, 1.82) is 0 Å². The van der Waals surface area contributed by atoms with Gasteiger partial charge < -0.3 is 25.3 Å². The van der Waals surface area contributed by atoms with Gasteiger partial charge in [0.15, 0.2) is 0 Å². The summed E-state index contributed by atoms with van der Waals surface area (Å²) in [6.07, 6.45) is 3.41. The van der Waals surface area contributed by atoms with Crippen LogP contribution in [-0.4, -0.2) is 27.5 Å². The molecule has 1 aliphatic rings. The molecule has 0 amide bonds. The van der Waals surface area contributed by atoms with Crippen LogP contribution >= 0.6 is 0 Å². The van der Waals surface area contributed by atoms with Crippen LogP contribution in [0.1, 0.15) is 19.1 Å². The van der Waals surface area contributed by atoms with Gasteiger partial charge in [0, 0.05) is 29.4 Å². The van der Waals surface area contributed by atoms with E-state index in [0.29, 0.717) is 5.69 Å². The second kappa shape index (κ2) is 4.19. The number of nitrogen functional groups attached to an aromatic ring is 1. The molecule has 1 aromatic carbocycles. The molecule has 1 saturated heterocycles. The Bertz CT molecular complexity index is 579. The van der Waals surface area contributed by atoms with Gasteiger partial charge >= 0.3 is 0 Å². The number of nitrogens with two attached hydrogens (primary N) is 1. The van der Waals surface area contributed by atoms with Crippen molar-refractivity contribution in [2.45, 2.75) is 25.2 Å². The van der Waals surface area contributed by atoms with Crippen LogP contribution in [-0.2, 0) is 4.74 Å². The van der Waals surface area contributed by atoms with Crippen LogP contribution in [0.25, 0.3) is 10.9 Å². The van der Waals surface area contributed by atoms with Gasteiger partial charge in [-0.15, -0.1) is 0 Å². The molecule has 5 heteroatoms. The van der Waals surface area contributed by atoms with Crippen molar-refractivity contribution in [1.82, 2.24) is 4.57 Å². The van der Waals surface area contributed by atoms with E-state index in [1.807, 2.05) is 16.8 Å². The Morgan fingerprint density at radius 3 is 2.94 bits per heavy atom. The summed E-state index contributed by atoms with van der Waals surface area (Å²) < 4.78 is 7.69. The summed E-state index contributed by atoms with van der Waals surface area (Å²) >= 11 is 0. The fourth-order valence-corrected chi connectivity index (χ4v) is 2.55. The Balaban J connectivity index is 2.03. The molecule has 3 rings (SSSR count). The Morgan fingerprint density at radius 1 is 1.39 bits per heavy atom. The average Bonchev–Trinajstić information content (AvgIpc) is 2.93. The number of aliphatic hydroxyl groups is 1. The van der Waals surface area contributed by atoms with Crippen molar-refractivity contribution in [2.24, 2.45) is 0 Å². The summed E-state index contributed by atoms with van der Waals surface area (Å²) in [5.74, 6) is 0.150. The summed E-state index contributed by atoms with van der Waals surface area (Å²) in [7, 11) is 0. The maximum Gasteiger partial charge on any atom is 0.134 e. The van der Waals surface area contributed by atoms with E-state index in [1.54, 1.807) is 12.1 Å². The average molecular weight is 248 g/mol. The zero-order valence-electron chi connectivity index (χ0n) is 9.91. The monoisotopic (exact) mass is 248 g/mol. The van der Waals surface area contributed by atoms with Gasteiger partial charge in [-0.3, -0.25) is 0 Å². The predicted molar refractivity (Wildman–Crippen MR) is 68.2 cm³/mol. The molecule has 2 heterocycles. The van der Waals surface area contributed by atoms with E-state index in [0.717, 1.165) is 23.7 Å². The van der Waals surface area contributed by atoms with Gasteiger partial charge in [-0.2, -0.15) is 0 Å². The van der Waals surface area contributed by atoms with Crippen molar-refractivity contribution in [2.75, 3.05) is 12.3 Å². The number of rotatable bonds is 2. The maximum atomic E-state index is 9.62. The van der Waals surface area contributed by atoms with Crippen molar-refractivity contribution in [3.63, 3.8) is 0 Å². The van der Waals surface area contributed by atoms with Crippen LogP contribution in [0.4, 0.5) is 5.69 Å². The molecule has 18 heavy (non-hydrogen) atoms. The number of nitrogens with zero attached hydrogens (tertiary/aromatic N) is 1. The van der Waals surface area contributed by atoms with E-state index in [1.165, 1.54) is 0 Å².